The summed E-state index contributed by atoms with van der Waals surface area (Å²) in [5, 5.41) is 12.2. The molecule has 17 heavy (non-hydrogen) atoms. The van der Waals surface area contributed by atoms with E-state index in [4.69, 9.17) is 4.74 Å². The first-order valence-electron chi connectivity index (χ1n) is 5.54. The van der Waals surface area contributed by atoms with Crippen LogP contribution in [0.2, 0.25) is 0 Å². The van der Waals surface area contributed by atoms with Crippen LogP contribution in [0.3, 0.4) is 0 Å². The van der Waals surface area contributed by atoms with Crippen LogP contribution in [0.15, 0.2) is 18.2 Å². The smallest absolute Gasteiger partial charge is 0.255 e. The first-order valence-corrected chi connectivity index (χ1v) is 5.54. The summed E-state index contributed by atoms with van der Waals surface area (Å²) in [5.41, 5.74) is -0.0458. The Morgan fingerprint density at radius 1 is 1.53 bits per heavy atom. The Morgan fingerprint density at radius 3 is 3.06 bits per heavy atom. The average Bonchev–Trinajstić information content (AvgIpc) is 2.33. The van der Waals surface area contributed by atoms with Crippen LogP contribution in [0.5, 0.6) is 5.75 Å². The SMILES string of the molecule is O=C(NC1CCCOC1)c1cc(F)ccc1O. The molecular formula is C12H14FNO3. The highest BCUT2D eigenvalue weighted by atomic mass is 19.1. The zero-order valence-electron chi connectivity index (χ0n) is 9.28. The van der Waals surface area contributed by atoms with Gasteiger partial charge in [0.1, 0.15) is 11.6 Å². The molecule has 1 amide bonds. The minimum Gasteiger partial charge on any atom is -0.507 e. The van der Waals surface area contributed by atoms with Gasteiger partial charge in [0.15, 0.2) is 0 Å². The van der Waals surface area contributed by atoms with Crippen molar-refractivity contribution in [2.75, 3.05) is 13.2 Å². The number of phenols is 1. The van der Waals surface area contributed by atoms with Gasteiger partial charge in [-0.05, 0) is 31.0 Å². The third kappa shape index (κ3) is 2.94. The van der Waals surface area contributed by atoms with Gasteiger partial charge in [-0.15, -0.1) is 0 Å². The van der Waals surface area contributed by atoms with Crippen LogP contribution >= 0.6 is 0 Å². The van der Waals surface area contributed by atoms with Crippen LogP contribution < -0.4 is 5.32 Å². The molecule has 1 aliphatic rings. The van der Waals surface area contributed by atoms with E-state index >= 15 is 0 Å². The highest BCUT2D eigenvalue weighted by Crippen LogP contribution is 2.18. The Labute approximate surface area is 98.4 Å². The van der Waals surface area contributed by atoms with Crippen molar-refractivity contribution in [2.24, 2.45) is 0 Å². The summed E-state index contributed by atoms with van der Waals surface area (Å²) in [4.78, 5) is 11.8. The summed E-state index contributed by atoms with van der Waals surface area (Å²) in [6.45, 7) is 1.17. The average molecular weight is 239 g/mol. The molecule has 1 saturated heterocycles. The molecule has 92 valence electrons. The van der Waals surface area contributed by atoms with Crippen LogP contribution in [0.25, 0.3) is 0 Å². The van der Waals surface area contributed by atoms with Gasteiger partial charge in [0.2, 0.25) is 0 Å². The third-order valence-electron chi connectivity index (χ3n) is 2.70. The summed E-state index contributed by atoms with van der Waals surface area (Å²) in [6.07, 6.45) is 1.72. The minimum absolute atomic E-state index is 0.0458. The molecule has 2 N–H and O–H groups in total. The second-order valence-corrected chi connectivity index (χ2v) is 4.05. The highest BCUT2D eigenvalue weighted by molar-refractivity contribution is 5.96. The fraction of sp³-hybridized carbons (Fsp3) is 0.417. The summed E-state index contributed by atoms with van der Waals surface area (Å²) < 4.78 is 18.2. The van der Waals surface area contributed by atoms with Gasteiger partial charge >= 0.3 is 0 Å². The van der Waals surface area contributed by atoms with Gasteiger partial charge in [-0.1, -0.05) is 0 Å². The first kappa shape index (κ1) is 11.9. The number of ether oxygens (including phenoxy) is 1. The van der Waals surface area contributed by atoms with E-state index in [0.717, 1.165) is 25.0 Å². The molecule has 0 radical (unpaired) electrons. The van der Waals surface area contributed by atoms with Gasteiger partial charge in [-0.25, -0.2) is 4.39 Å². The zero-order chi connectivity index (χ0) is 12.3. The van der Waals surface area contributed by atoms with E-state index < -0.39 is 11.7 Å². The predicted molar refractivity (Wildman–Crippen MR) is 59.4 cm³/mol. The summed E-state index contributed by atoms with van der Waals surface area (Å²) in [6, 6.07) is 3.23. The second-order valence-electron chi connectivity index (χ2n) is 4.05. The van der Waals surface area contributed by atoms with Crippen LogP contribution in [0.4, 0.5) is 4.39 Å². The first-order chi connectivity index (χ1) is 8.16. The number of halogens is 1. The topological polar surface area (TPSA) is 58.6 Å². The number of benzene rings is 1. The quantitative estimate of drug-likeness (QED) is 0.821. The van der Waals surface area contributed by atoms with Gasteiger partial charge in [-0.3, -0.25) is 4.79 Å². The highest BCUT2D eigenvalue weighted by Gasteiger charge is 2.19. The lowest BCUT2D eigenvalue weighted by atomic mass is 10.1. The summed E-state index contributed by atoms with van der Waals surface area (Å²) in [5.74, 6) is -1.24. The molecule has 2 rings (SSSR count). The maximum absolute atomic E-state index is 13.0. The van der Waals surface area contributed by atoms with Crippen molar-refractivity contribution in [2.45, 2.75) is 18.9 Å². The van der Waals surface area contributed by atoms with E-state index in [1.165, 1.54) is 6.07 Å². The van der Waals surface area contributed by atoms with E-state index in [0.29, 0.717) is 13.2 Å². The fourth-order valence-electron chi connectivity index (χ4n) is 1.81. The lowest BCUT2D eigenvalue weighted by Crippen LogP contribution is -2.40. The maximum atomic E-state index is 13.0. The van der Waals surface area contributed by atoms with Gasteiger partial charge in [0, 0.05) is 6.61 Å². The Morgan fingerprint density at radius 2 is 2.35 bits per heavy atom. The van der Waals surface area contributed by atoms with Crippen molar-refractivity contribution in [1.82, 2.24) is 5.32 Å². The zero-order valence-corrected chi connectivity index (χ0v) is 9.28. The number of hydrogen-bond acceptors (Lipinski definition) is 3. The number of carbonyl (C=O) groups is 1. The normalized spacial score (nSPS) is 19.9. The number of carbonyl (C=O) groups excluding carboxylic acids is 1. The Bertz CT molecular complexity index is 416. The van der Waals surface area contributed by atoms with Gasteiger partial charge < -0.3 is 15.2 Å². The predicted octanol–water partition coefficient (Wildman–Crippen LogP) is 1.44. The van der Waals surface area contributed by atoms with Crippen molar-refractivity contribution in [3.05, 3.63) is 29.6 Å². The van der Waals surface area contributed by atoms with E-state index in [9.17, 15) is 14.3 Å². The van der Waals surface area contributed by atoms with Crippen LogP contribution in [-0.2, 0) is 4.74 Å². The molecule has 1 heterocycles. The largest absolute Gasteiger partial charge is 0.507 e. The number of aromatic hydroxyl groups is 1. The number of phenolic OH excluding ortho intramolecular Hbond substituents is 1. The molecule has 1 aliphatic heterocycles. The fourth-order valence-corrected chi connectivity index (χ4v) is 1.81. The lowest BCUT2D eigenvalue weighted by molar-refractivity contribution is 0.0623. The number of nitrogens with one attached hydrogen (secondary N) is 1. The molecule has 1 aromatic rings. The molecule has 0 saturated carbocycles. The molecule has 1 unspecified atom stereocenters. The van der Waals surface area contributed by atoms with Crippen molar-refractivity contribution >= 4 is 5.91 Å². The van der Waals surface area contributed by atoms with Crippen LogP contribution in [0, 0.1) is 5.82 Å². The van der Waals surface area contributed by atoms with Gasteiger partial charge in [-0.2, -0.15) is 0 Å². The Kier molecular flexibility index (Phi) is 3.58. The standard InChI is InChI=1S/C12H14FNO3/c13-8-3-4-11(15)10(6-8)12(16)14-9-2-1-5-17-7-9/h3-4,6,9,15H,1-2,5,7H2,(H,14,16). The summed E-state index contributed by atoms with van der Waals surface area (Å²) in [7, 11) is 0. The van der Waals surface area contributed by atoms with E-state index in [1.807, 2.05) is 0 Å². The van der Waals surface area contributed by atoms with Gasteiger partial charge in [0.05, 0.1) is 18.2 Å². The van der Waals surface area contributed by atoms with Gasteiger partial charge in [0.25, 0.3) is 5.91 Å². The van der Waals surface area contributed by atoms with Crippen molar-refractivity contribution < 1.29 is 19.0 Å². The van der Waals surface area contributed by atoms with Crippen LogP contribution in [-0.4, -0.2) is 30.3 Å². The molecular weight excluding hydrogens is 225 g/mol. The van der Waals surface area contributed by atoms with E-state index in [1.54, 1.807) is 0 Å². The molecule has 4 nitrogen and oxygen atoms in total. The third-order valence-corrected chi connectivity index (χ3v) is 2.70. The number of amides is 1. The maximum Gasteiger partial charge on any atom is 0.255 e. The van der Waals surface area contributed by atoms with E-state index in [2.05, 4.69) is 5.32 Å². The molecule has 0 aromatic heterocycles. The molecule has 1 fully saturated rings. The minimum atomic E-state index is -0.548. The molecule has 1 aromatic carbocycles. The number of rotatable bonds is 2. The van der Waals surface area contributed by atoms with Crippen molar-refractivity contribution in [3.8, 4) is 5.75 Å². The molecule has 0 bridgehead atoms. The second kappa shape index (κ2) is 5.14. The Balaban J connectivity index is 2.05. The van der Waals surface area contributed by atoms with E-state index in [-0.39, 0.29) is 17.4 Å². The summed E-state index contributed by atoms with van der Waals surface area (Å²) >= 11 is 0. The Hall–Kier alpha value is -1.62. The van der Waals surface area contributed by atoms with Crippen molar-refractivity contribution in [3.63, 3.8) is 0 Å². The molecule has 1 atom stereocenters. The van der Waals surface area contributed by atoms with Crippen LogP contribution in [0.1, 0.15) is 23.2 Å². The molecule has 0 spiro atoms. The number of hydrogen-bond donors (Lipinski definition) is 2. The lowest BCUT2D eigenvalue weighted by Gasteiger charge is -2.23. The molecule has 5 heteroatoms. The molecule has 0 aliphatic carbocycles. The monoisotopic (exact) mass is 239 g/mol. The van der Waals surface area contributed by atoms with Crippen molar-refractivity contribution in [1.29, 1.82) is 0 Å².